The van der Waals surface area contributed by atoms with Gasteiger partial charge in [-0.2, -0.15) is 0 Å². The average molecular weight is 451 g/mol. The number of hydrogen-bond donors (Lipinski definition) is 2. The molecule has 0 heterocycles. The Morgan fingerprint density at radius 2 is 2.21 bits per heavy atom. The van der Waals surface area contributed by atoms with Crippen LogP contribution in [0.1, 0.15) is 25.3 Å². The van der Waals surface area contributed by atoms with Crippen LogP contribution < -0.4 is 5.32 Å². The maximum atomic E-state index is 13.3. The second kappa shape index (κ2) is 10.7. The molecule has 0 unspecified atom stereocenters. The average Bonchev–Trinajstić information content (AvgIpc) is 3.35. The van der Waals surface area contributed by atoms with Gasteiger partial charge < -0.3 is 20.1 Å². The van der Waals surface area contributed by atoms with Crippen LogP contribution in [0.3, 0.4) is 0 Å². The van der Waals surface area contributed by atoms with Crippen molar-refractivity contribution in [3.63, 3.8) is 0 Å². The first-order valence-corrected chi connectivity index (χ1v) is 8.14. The number of guanidine groups is 1. The minimum absolute atomic E-state index is 0. The third-order valence-electron chi connectivity index (χ3n) is 3.74. The molecule has 1 aromatic carbocycles. The Labute approximate surface area is 160 Å². The van der Waals surface area contributed by atoms with Crippen molar-refractivity contribution in [3.05, 3.63) is 29.6 Å². The standard InChI is InChI=1S/C17H26FN3O2.HI/c1-3-19-17(21(2)8-9-23-12-13-4-5-13)20-11-14-6-7-16(22)15(18)10-14;/h6-7,10,13,22H,3-5,8-9,11-12H2,1-2H3,(H,19,20);1H. The van der Waals surface area contributed by atoms with Gasteiger partial charge in [-0.15, -0.1) is 24.0 Å². The number of likely N-dealkylation sites (N-methyl/N-ethyl adjacent to an activating group) is 1. The van der Waals surface area contributed by atoms with Gasteiger partial charge in [-0.05, 0) is 43.4 Å². The topological polar surface area (TPSA) is 57.1 Å². The van der Waals surface area contributed by atoms with Gasteiger partial charge >= 0.3 is 0 Å². The van der Waals surface area contributed by atoms with Crippen molar-refractivity contribution in [2.45, 2.75) is 26.3 Å². The van der Waals surface area contributed by atoms with Gasteiger partial charge in [0.15, 0.2) is 17.5 Å². The summed E-state index contributed by atoms with van der Waals surface area (Å²) in [6.07, 6.45) is 2.59. The highest BCUT2D eigenvalue weighted by atomic mass is 127. The predicted octanol–water partition coefficient (Wildman–Crippen LogP) is 2.97. The molecule has 1 fully saturated rings. The third-order valence-corrected chi connectivity index (χ3v) is 3.74. The fourth-order valence-corrected chi connectivity index (χ4v) is 2.13. The van der Waals surface area contributed by atoms with Gasteiger partial charge in [0.05, 0.1) is 13.2 Å². The van der Waals surface area contributed by atoms with Crippen molar-refractivity contribution in [2.24, 2.45) is 10.9 Å². The van der Waals surface area contributed by atoms with Gasteiger partial charge in [-0.1, -0.05) is 6.07 Å². The lowest BCUT2D eigenvalue weighted by molar-refractivity contribution is 0.115. The monoisotopic (exact) mass is 451 g/mol. The third kappa shape index (κ3) is 7.21. The second-order valence-electron chi connectivity index (χ2n) is 5.90. The maximum absolute atomic E-state index is 13.3. The molecule has 0 saturated heterocycles. The van der Waals surface area contributed by atoms with Gasteiger partial charge in [-0.3, -0.25) is 0 Å². The first-order valence-electron chi connectivity index (χ1n) is 8.14. The smallest absolute Gasteiger partial charge is 0.194 e. The first-order chi connectivity index (χ1) is 11.1. The van der Waals surface area contributed by atoms with Crippen LogP contribution in [0, 0.1) is 11.7 Å². The number of aliphatic imine (C=N–C) groups is 1. The van der Waals surface area contributed by atoms with Crippen molar-refractivity contribution >= 4 is 29.9 Å². The number of benzene rings is 1. The van der Waals surface area contributed by atoms with Crippen LogP contribution in [0.2, 0.25) is 0 Å². The van der Waals surface area contributed by atoms with E-state index in [0.717, 1.165) is 31.6 Å². The molecule has 1 aromatic rings. The van der Waals surface area contributed by atoms with E-state index < -0.39 is 5.82 Å². The van der Waals surface area contributed by atoms with Crippen LogP contribution in [0.4, 0.5) is 4.39 Å². The number of hydrogen-bond acceptors (Lipinski definition) is 3. The second-order valence-corrected chi connectivity index (χ2v) is 5.90. The Kier molecular flexibility index (Phi) is 9.35. The SMILES string of the molecule is CCNC(=NCc1ccc(O)c(F)c1)N(C)CCOCC1CC1.I. The maximum Gasteiger partial charge on any atom is 0.194 e. The summed E-state index contributed by atoms with van der Waals surface area (Å²) in [5.74, 6) is 0.571. The molecular formula is C17H27FIN3O2. The summed E-state index contributed by atoms with van der Waals surface area (Å²) in [6.45, 7) is 5.40. The lowest BCUT2D eigenvalue weighted by atomic mass is 10.2. The van der Waals surface area contributed by atoms with E-state index in [-0.39, 0.29) is 29.7 Å². The largest absolute Gasteiger partial charge is 0.505 e. The number of halogens is 2. The van der Waals surface area contributed by atoms with Crippen LogP contribution in [-0.4, -0.2) is 49.3 Å². The highest BCUT2D eigenvalue weighted by Crippen LogP contribution is 2.28. The van der Waals surface area contributed by atoms with E-state index in [9.17, 15) is 9.50 Å². The molecule has 2 N–H and O–H groups in total. The van der Waals surface area contributed by atoms with Crippen LogP contribution >= 0.6 is 24.0 Å². The highest BCUT2D eigenvalue weighted by Gasteiger charge is 2.21. The summed E-state index contributed by atoms with van der Waals surface area (Å²) >= 11 is 0. The first kappa shape index (κ1) is 21.0. The Morgan fingerprint density at radius 3 is 2.83 bits per heavy atom. The Balaban J connectivity index is 0.00000288. The molecular weight excluding hydrogens is 424 g/mol. The normalized spacial score (nSPS) is 14.2. The fourth-order valence-electron chi connectivity index (χ4n) is 2.13. The predicted molar refractivity (Wildman–Crippen MR) is 104 cm³/mol. The van der Waals surface area contributed by atoms with E-state index in [4.69, 9.17) is 4.74 Å². The van der Waals surface area contributed by atoms with Crippen molar-refractivity contribution < 1.29 is 14.2 Å². The molecule has 0 bridgehead atoms. The van der Waals surface area contributed by atoms with Gasteiger partial charge in [0, 0.05) is 26.7 Å². The van der Waals surface area contributed by atoms with Gasteiger partial charge in [0.25, 0.3) is 0 Å². The van der Waals surface area contributed by atoms with Crippen LogP contribution in [-0.2, 0) is 11.3 Å². The number of nitrogens with zero attached hydrogens (tertiary/aromatic N) is 2. The lowest BCUT2D eigenvalue weighted by Gasteiger charge is -2.22. The van der Waals surface area contributed by atoms with E-state index in [2.05, 4.69) is 10.3 Å². The fraction of sp³-hybridized carbons (Fsp3) is 0.588. The van der Waals surface area contributed by atoms with E-state index >= 15 is 0 Å². The summed E-state index contributed by atoms with van der Waals surface area (Å²) < 4.78 is 19.0. The summed E-state index contributed by atoms with van der Waals surface area (Å²) in [5.41, 5.74) is 0.717. The van der Waals surface area contributed by atoms with Gasteiger partial charge in [-0.25, -0.2) is 9.38 Å². The molecule has 1 saturated carbocycles. The van der Waals surface area contributed by atoms with E-state index in [1.165, 1.54) is 25.0 Å². The molecule has 0 aromatic heterocycles. The van der Waals surface area contributed by atoms with E-state index in [1.54, 1.807) is 6.07 Å². The Hall–Kier alpha value is -1.09. The van der Waals surface area contributed by atoms with Gasteiger partial charge in [0.1, 0.15) is 0 Å². The molecule has 136 valence electrons. The summed E-state index contributed by atoms with van der Waals surface area (Å²) in [5, 5.41) is 12.4. The zero-order chi connectivity index (χ0) is 16.7. The van der Waals surface area contributed by atoms with Crippen molar-refractivity contribution in [2.75, 3.05) is 33.4 Å². The number of phenolic OH excluding ortho intramolecular Hbond substituents is 1. The summed E-state index contributed by atoms with van der Waals surface area (Å²) in [6, 6.07) is 4.33. The van der Waals surface area contributed by atoms with Crippen LogP contribution in [0.5, 0.6) is 5.75 Å². The minimum Gasteiger partial charge on any atom is -0.505 e. The molecule has 1 aliphatic rings. The number of ether oxygens (including phenoxy) is 1. The quantitative estimate of drug-likeness (QED) is 0.276. The number of rotatable bonds is 8. The van der Waals surface area contributed by atoms with Crippen LogP contribution in [0.15, 0.2) is 23.2 Å². The minimum atomic E-state index is -0.621. The van der Waals surface area contributed by atoms with Crippen molar-refractivity contribution in [1.29, 1.82) is 0 Å². The number of nitrogens with one attached hydrogen (secondary N) is 1. The number of phenols is 1. The molecule has 1 aliphatic carbocycles. The van der Waals surface area contributed by atoms with E-state index in [1.807, 2.05) is 18.9 Å². The van der Waals surface area contributed by atoms with Crippen molar-refractivity contribution in [3.8, 4) is 5.75 Å². The lowest BCUT2D eigenvalue weighted by Crippen LogP contribution is -2.40. The van der Waals surface area contributed by atoms with Gasteiger partial charge in [0.2, 0.25) is 0 Å². The molecule has 0 radical (unpaired) electrons. The molecule has 0 aliphatic heterocycles. The molecule has 0 amide bonds. The molecule has 24 heavy (non-hydrogen) atoms. The van der Waals surface area contributed by atoms with Crippen molar-refractivity contribution in [1.82, 2.24) is 10.2 Å². The summed E-state index contributed by atoms with van der Waals surface area (Å²) in [4.78, 5) is 6.52. The Morgan fingerprint density at radius 1 is 1.46 bits per heavy atom. The molecule has 7 heteroatoms. The molecule has 0 atom stereocenters. The Bertz CT molecular complexity index is 539. The summed E-state index contributed by atoms with van der Waals surface area (Å²) in [7, 11) is 1.96. The molecule has 0 spiro atoms. The van der Waals surface area contributed by atoms with E-state index in [0.29, 0.717) is 18.7 Å². The number of aromatic hydroxyl groups is 1. The highest BCUT2D eigenvalue weighted by molar-refractivity contribution is 14.0. The molecule has 5 nitrogen and oxygen atoms in total. The van der Waals surface area contributed by atoms with Crippen LogP contribution in [0.25, 0.3) is 0 Å². The zero-order valence-corrected chi connectivity index (χ0v) is 16.6. The molecule has 2 rings (SSSR count). The zero-order valence-electron chi connectivity index (χ0n) is 14.3.